The minimum atomic E-state index is -1.15. The highest BCUT2D eigenvalue weighted by Crippen LogP contribution is 2.33. The molecular formula is C15H17FN2O3. The predicted molar refractivity (Wildman–Crippen MR) is 75.7 cm³/mol. The number of hydrogen-bond acceptors (Lipinski definition) is 3. The van der Waals surface area contributed by atoms with Crippen LogP contribution in [0.2, 0.25) is 0 Å². The van der Waals surface area contributed by atoms with Crippen LogP contribution in [0.3, 0.4) is 0 Å². The van der Waals surface area contributed by atoms with E-state index in [-0.39, 0.29) is 17.1 Å². The molecule has 0 spiro atoms. The molecule has 1 aromatic heterocycles. The summed E-state index contributed by atoms with van der Waals surface area (Å²) in [5, 5.41) is 13.7. The predicted octanol–water partition coefficient (Wildman–Crippen LogP) is 3.02. The van der Waals surface area contributed by atoms with Crippen molar-refractivity contribution in [2.75, 3.05) is 7.11 Å². The van der Waals surface area contributed by atoms with Gasteiger partial charge in [0.25, 0.3) is 0 Å². The number of hydrogen-bond donors (Lipinski definition) is 1. The van der Waals surface area contributed by atoms with Crippen LogP contribution in [0.5, 0.6) is 5.88 Å². The largest absolute Gasteiger partial charge is 0.480 e. The molecule has 1 N–H and O–H groups in total. The van der Waals surface area contributed by atoms with Crippen LogP contribution in [-0.4, -0.2) is 28.0 Å². The van der Waals surface area contributed by atoms with Gasteiger partial charge in [0.05, 0.1) is 12.8 Å². The molecule has 0 unspecified atom stereocenters. The third kappa shape index (κ3) is 2.61. The molecule has 0 saturated carbocycles. The van der Waals surface area contributed by atoms with E-state index >= 15 is 0 Å². The summed E-state index contributed by atoms with van der Waals surface area (Å²) in [6.45, 7) is 5.52. The molecule has 0 aliphatic rings. The summed E-state index contributed by atoms with van der Waals surface area (Å²) in [4.78, 5) is 11.6. The van der Waals surface area contributed by atoms with E-state index in [4.69, 9.17) is 4.74 Å². The average Bonchev–Trinajstić information content (AvgIpc) is 2.78. The van der Waals surface area contributed by atoms with Crippen molar-refractivity contribution in [2.24, 2.45) is 0 Å². The SMILES string of the molecule is COc1c(C(=O)O)c(C(C)(C)C)nn1-c1ccccc1F. The topological polar surface area (TPSA) is 64.3 Å². The second-order valence-corrected chi connectivity index (χ2v) is 5.65. The van der Waals surface area contributed by atoms with Crippen molar-refractivity contribution in [1.29, 1.82) is 0 Å². The molecule has 0 aliphatic heterocycles. The first-order valence-electron chi connectivity index (χ1n) is 6.43. The molecule has 21 heavy (non-hydrogen) atoms. The molecule has 0 aliphatic carbocycles. The molecule has 0 amide bonds. The van der Waals surface area contributed by atoms with Crippen molar-refractivity contribution in [1.82, 2.24) is 9.78 Å². The van der Waals surface area contributed by atoms with E-state index in [1.807, 2.05) is 20.8 Å². The number of carbonyl (C=O) groups is 1. The number of ether oxygens (including phenoxy) is 1. The van der Waals surface area contributed by atoms with E-state index in [2.05, 4.69) is 5.10 Å². The maximum atomic E-state index is 14.0. The van der Waals surface area contributed by atoms with Crippen molar-refractivity contribution in [2.45, 2.75) is 26.2 Å². The van der Waals surface area contributed by atoms with Crippen molar-refractivity contribution < 1.29 is 19.0 Å². The Morgan fingerprint density at radius 1 is 1.33 bits per heavy atom. The highest BCUT2D eigenvalue weighted by molar-refractivity contribution is 5.92. The molecule has 2 aromatic rings. The minimum Gasteiger partial charge on any atom is -0.480 e. The Bertz CT molecular complexity index is 687. The van der Waals surface area contributed by atoms with Gasteiger partial charge >= 0.3 is 5.97 Å². The zero-order valence-electron chi connectivity index (χ0n) is 12.3. The van der Waals surface area contributed by atoms with E-state index in [1.165, 1.54) is 23.9 Å². The molecule has 112 valence electrons. The summed E-state index contributed by atoms with van der Waals surface area (Å²) in [6, 6.07) is 6.00. The summed E-state index contributed by atoms with van der Waals surface area (Å²) in [5.74, 6) is -1.65. The highest BCUT2D eigenvalue weighted by atomic mass is 19.1. The molecule has 0 bridgehead atoms. The van der Waals surface area contributed by atoms with Gasteiger partial charge in [-0.2, -0.15) is 9.78 Å². The second kappa shape index (κ2) is 5.20. The molecular weight excluding hydrogens is 275 g/mol. The number of para-hydroxylation sites is 1. The lowest BCUT2D eigenvalue weighted by molar-refractivity contribution is 0.0690. The molecule has 5 nitrogen and oxygen atoms in total. The summed E-state index contributed by atoms with van der Waals surface area (Å²) in [7, 11) is 1.34. The van der Waals surface area contributed by atoms with Crippen molar-refractivity contribution in [3.05, 3.63) is 41.3 Å². The Balaban J connectivity index is 2.80. The Labute approximate surface area is 122 Å². The number of nitrogens with zero attached hydrogens (tertiary/aromatic N) is 2. The van der Waals surface area contributed by atoms with E-state index in [0.29, 0.717) is 5.69 Å². The van der Waals surface area contributed by atoms with Gasteiger partial charge in [0, 0.05) is 5.41 Å². The maximum absolute atomic E-state index is 14.0. The Kier molecular flexibility index (Phi) is 3.72. The van der Waals surface area contributed by atoms with E-state index < -0.39 is 17.2 Å². The molecule has 0 saturated heterocycles. The fraction of sp³-hybridized carbons (Fsp3) is 0.333. The quantitative estimate of drug-likeness (QED) is 0.944. The zero-order chi connectivity index (χ0) is 15.8. The molecule has 6 heteroatoms. The third-order valence-corrected chi connectivity index (χ3v) is 3.04. The number of carboxylic acid groups (broad SMARTS) is 1. The van der Waals surface area contributed by atoms with E-state index in [0.717, 1.165) is 0 Å². The number of aromatic nitrogens is 2. The Morgan fingerprint density at radius 3 is 2.43 bits per heavy atom. The van der Waals surface area contributed by atoms with Crippen molar-refractivity contribution >= 4 is 5.97 Å². The molecule has 0 atom stereocenters. The van der Waals surface area contributed by atoms with Gasteiger partial charge in [-0.15, -0.1) is 0 Å². The third-order valence-electron chi connectivity index (χ3n) is 3.04. The van der Waals surface area contributed by atoms with Crippen LogP contribution in [-0.2, 0) is 5.41 Å². The number of carboxylic acids is 1. The zero-order valence-corrected chi connectivity index (χ0v) is 12.3. The molecule has 0 fully saturated rings. The fourth-order valence-electron chi connectivity index (χ4n) is 2.10. The monoisotopic (exact) mass is 292 g/mol. The molecule has 1 heterocycles. The second-order valence-electron chi connectivity index (χ2n) is 5.65. The van der Waals surface area contributed by atoms with Gasteiger partial charge in [-0.05, 0) is 12.1 Å². The van der Waals surface area contributed by atoms with E-state index in [9.17, 15) is 14.3 Å². The minimum absolute atomic E-state index is 0.0116. The Hall–Kier alpha value is -2.37. The van der Waals surface area contributed by atoms with Crippen LogP contribution in [0.1, 0.15) is 36.8 Å². The summed E-state index contributed by atoms with van der Waals surface area (Å²) in [5.41, 5.74) is -0.0759. The van der Waals surface area contributed by atoms with Gasteiger partial charge in [-0.1, -0.05) is 32.9 Å². The van der Waals surface area contributed by atoms with Crippen LogP contribution in [0.4, 0.5) is 4.39 Å². The van der Waals surface area contributed by atoms with Crippen molar-refractivity contribution in [3.63, 3.8) is 0 Å². The lowest BCUT2D eigenvalue weighted by atomic mass is 9.89. The average molecular weight is 292 g/mol. The molecule has 2 rings (SSSR count). The summed E-state index contributed by atoms with van der Waals surface area (Å²) >= 11 is 0. The number of benzene rings is 1. The molecule has 0 radical (unpaired) electrons. The van der Waals surface area contributed by atoms with Gasteiger partial charge in [-0.3, -0.25) is 0 Å². The van der Waals surface area contributed by atoms with Gasteiger partial charge in [-0.25, -0.2) is 9.18 Å². The number of halogens is 1. The Morgan fingerprint density at radius 2 is 1.95 bits per heavy atom. The first kappa shape index (κ1) is 15.0. The smallest absolute Gasteiger partial charge is 0.343 e. The maximum Gasteiger partial charge on any atom is 0.343 e. The van der Waals surface area contributed by atoms with Crippen LogP contribution in [0.25, 0.3) is 5.69 Å². The number of aromatic carboxylic acids is 1. The fourth-order valence-corrected chi connectivity index (χ4v) is 2.10. The van der Waals surface area contributed by atoms with Gasteiger partial charge in [0.15, 0.2) is 0 Å². The standard InChI is InChI=1S/C15H17FN2O3/c1-15(2,3)12-11(14(19)20)13(21-4)18(17-12)10-8-6-5-7-9(10)16/h5-8H,1-4H3,(H,19,20). The normalized spacial score (nSPS) is 11.5. The van der Waals surface area contributed by atoms with Crippen LogP contribution in [0, 0.1) is 5.82 Å². The van der Waals surface area contributed by atoms with Gasteiger partial charge in [0.1, 0.15) is 17.1 Å². The van der Waals surface area contributed by atoms with Crippen molar-refractivity contribution in [3.8, 4) is 11.6 Å². The number of rotatable bonds is 3. The van der Waals surface area contributed by atoms with Crippen LogP contribution < -0.4 is 4.74 Å². The first-order valence-corrected chi connectivity index (χ1v) is 6.43. The van der Waals surface area contributed by atoms with Gasteiger partial charge < -0.3 is 9.84 Å². The van der Waals surface area contributed by atoms with E-state index in [1.54, 1.807) is 12.1 Å². The lowest BCUT2D eigenvalue weighted by Crippen LogP contribution is -2.17. The molecule has 1 aromatic carbocycles. The first-order chi connectivity index (χ1) is 9.77. The number of methoxy groups -OCH3 is 1. The summed E-state index contributed by atoms with van der Waals surface area (Å²) < 4.78 is 20.3. The lowest BCUT2D eigenvalue weighted by Gasteiger charge is -2.15. The summed E-state index contributed by atoms with van der Waals surface area (Å²) in [6.07, 6.45) is 0. The highest BCUT2D eigenvalue weighted by Gasteiger charge is 2.32. The van der Waals surface area contributed by atoms with Crippen LogP contribution in [0.15, 0.2) is 24.3 Å². The van der Waals surface area contributed by atoms with Gasteiger partial charge in [0.2, 0.25) is 5.88 Å². The van der Waals surface area contributed by atoms with Crippen LogP contribution >= 0.6 is 0 Å².